The van der Waals surface area contributed by atoms with E-state index in [4.69, 9.17) is 0 Å². The molecular weight excluding hydrogens is 182 g/mol. The highest BCUT2D eigenvalue weighted by molar-refractivity contribution is 7.80. The van der Waals surface area contributed by atoms with E-state index < -0.39 is 0 Å². The first-order chi connectivity index (χ1) is 6.20. The van der Waals surface area contributed by atoms with E-state index >= 15 is 0 Å². The van der Waals surface area contributed by atoms with E-state index in [-0.39, 0.29) is 5.56 Å². The van der Waals surface area contributed by atoms with Crippen LogP contribution in [0.3, 0.4) is 0 Å². The van der Waals surface area contributed by atoms with Crippen molar-refractivity contribution in [3.05, 3.63) is 40.7 Å². The Hall–Kier alpha value is -1.22. The molecule has 0 unspecified atom stereocenters. The molecule has 1 aromatic carbocycles. The maximum absolute atomic E-state index is 11.5. The second-order valence-electron chi connectivity index (χ2n) is 2.95. The molecule has 2 nitrogen and oxygen atoms in total. The number of hydrogen-bond acceptors (Lipinski definition) is 2. The van der Waals surface area contributed by atoms with Crippen molar-refractivity contribution in [1.82, 2.24) is 4.57 Å². The first-order valence-electron chi connectivity index (χ1n) is 3.98. The zero-order valence-corrected chi connectivity index (χ0v) is 8.08. The van der Waals surface area contributed by atoms with Gasteiger partial charge in [0.05, 0.1) is 10.4 Å². The number of benzene rings is 1. The summed E-state index contributed by atoms with van der Waals surface area (Å²) in [7, 11) is 1.75. The van der Waals surface area contributed by atoms with Crippen molar-refractivity contribution in [2.24, 2.45) is 7.05 Å². The molecule has 2 rings (SSSR count). The molecule has 0 fully saturated rings. The zero-order chi connectivity index (χ0) is 9.42. The second-order valence-corrected chi connectivity index (χ2v) is 3.43. The van der Waals surface area contributed by atoms with E-state index in [1.54, 1.807) is 17.7 Å². The minimum Gasteiger partial charge on any atom is -0.310 e. The van der Waals surface area contributed by atoms with Gasteiger partial charge in [0.15, 0.2) is 0 Å². The highest BCUT2D eigenvalue weighted by Gasteiger charge is 2.01. The van der Waals surface area contributed by atoms with Crippen molar-refractivity contribution in [2.75, 3.05) is 0 Å². The molecule has 0 aliphatic carbocycles. The summed E-state index contributed by atoms with van der Waals surface area (Å²) < 4.78 is 1.61. The first kappa shape index (κ1) is 8.38. The molecule has 0 aliphatic heterocycles. The Morgan fingerprint density at radius 3 is 2.77 bits per heavy atom. The van der Waals surface area contributed by atoms with Gasteiger partial charge in [0.1, 0.15) is 0 Å². The summed E-state index contributed by atoms with van der Waals surface area (Å²) in [6.45, 7) is 0. The first-order valence-corrected chi connectivity index (χ1v) is 4.42. The van der Waals surface area contributed by atoms with Gasteiger partial charge in [-0.15, -0.1) is 12.6 Å². The smallest absolute Gasteiger partial charge is 0.264 e. The van der Waals surface area contributed by atoms with Crippen LogP contribution in [0.4, 0.5) is 0 Å². The Labute approximate surface area is 81.2 Å². The van der Waals surface area contributed by atoms with E-state index in [9.17, 15) is 4.79 Å². The van der Waals surface area contributed by atoms with Crippen LogP contribution in [0.25, 0.3) is 10.9 Å². The van der Waals surface area contributed by atoms with Crippen LogP contribution in [-0.2, 0) is 7.05 Å². The van der Waals surface area contributed by atoms with Crippen molar-refractivity contribution in [3.63, 3.8) is 0 Å². The van der Waals surface area contributed by atoms with E-state index in [0.717, 1.165) is 10.9 Å². The summed E-state index contributed by atoms with van der Waals surface area (Å²) in [4.78, 5) is 12.0. The second kappa shape index (κ2) is 2.92. The molecular formula is C10H9NOS. The molecule has 13 heavy (non-hydrogen) atoms. The Morgan fingerprint density at radius 1 is 1.31 bits per heavy atom. The Kier molecular flexibility index (Phi) is 1.88. The van der Waals surface area contributed by atoms with Crippen molar-refractivity contribution in [2.45, 2.75) is 4.90 Å². The van der Waals surface area contributed by atoms with Gasteiger partial charge in [-0.1, -0.05) is 18.2 Å². The van der Waals surface area contributed by atoms with Gasteiger partial charge in [-0.25, -0.2) is 0 Å². The summed E-state index contributed by atoms with van der Waals surface area (Å²) in [6.07, 6.45) is 0. The minimum atomic E-state index is -0.0537. The van der Waals surface area contributed by atoms with Crippen molar-refractivity contribution >= 4 is 23.5 Å². The maximum atomic E-state index is 11.5. The molecule has 66 valence electrons. The number of para-hydroxylation sites is 1. The van der Waals surface area contributed by atoms with E-state index in [2.05, 4.69) is 12.6 Å². The fourth-order valence-electron chi connectivity index (χ4n) is 1.41. The Balaban J connectivity index is 3.02. The fourth-order valence-corrected chi connectivity index (χ4v) is 1.69. The highest BCUT2D eigenvalue weighted by atomic mass is 32.1. The summed E-state index contributed by atoms with van der Waals surface area (Å²) in [5.74, 6) is 0. The van der Waals surface area contributed by atoms with Gasteiger partial charge in [-0.05, 0) is 17.5 Å². The number of aromatic nitrogens is 1. The Bertz CT molecular complexity index is 516. The van der Waals surface area contributed by atoms with Gasteiger partial charge in [0.2, 0.25) is 0 Å². The number of pyridine rings is 1. The molecule has 1 aromatic heterocycles. The van der Waals surface area contributed by atoms with Crippen molar-refractivity contribution in [3.8, 4) is 0 Å². The predicted molar refractivity (Wildman–Crippen MR) is 56.4 cm³/mol. The minimum absolute atomic E-state index is 0.0537. The molecule has 0 bridgehead atoms. The monoisotopic (exact) mass is 191 g/mol. The van der Waals surface area contributed by atoms with Gasteiger partial charge < -0.3 is 4.57 Å². The zero-order valence-electron chi connectivity index (χ0n) is 7.19. The molecule has 0 N–H and O–H groups in total. The molecule has 0 radical (unpaired) electrons. The average Bonchev–Trinajstić information content (AvgIpc) is 2.15. The molecule has 0 aliphatic rings. The van der Waals surface area contributed by atoms with Crippen LogP contribution in [0.15, 0.2) is 40.0 Å². The third-order valence-electron chi connectivity index (χ3n) is 2.11. The van der Waals surface area contributed by atoms with Crippen LogP contribution < -0.4 is 5.56 Å². The fraction of sp³-hybridized carbons (Fsp3) is 0.100. The molecule has 1 heterocycles. The normalized spacial score (nSPS) is 10.6. The van der Waals surface area contributed by atoms with E-state index in [0.29, 0.717) is 4.90 Å². The van der Waals surface area contributed by atoms with Gasteiger partial charge in [-0.3, -0.25) is 4.79 Å². The number of fused-ring (bicyclic) bond motifs is 1. The standard InChI is InChI=1S/C10H9NOS/c1-11-8-5-3-2-4-7(8)6-9(13)10(11)12/h2-6,13H,1H3. The van der Waals surface area contributed by atoms with Gasteiger partial charge in [0.25, 0.3) is 5.56 Å². The summed E-state index contributed by atoms with van der Waals surface area (Å²) in [5.41, 5.74) is 0.882. The summed E-state index contributed by atoms with van der Waals surface area (Å²) in [5, 5.41) is 1.04. The van der Waals surface area contributed by atoms with Crippen LogP contribution in [0.5, 0.6) is 0 Å². The SMILES string of the molecule is Cn1c(=O)c(S)cc2ccccc21. The average molecular weight is 191 g/mol. The van der Waals surface area contributed by atoms with Gasteiger partial charge >= 0.3 is 0 Å². The number of hydrogen-bond donors (Lipinski definition) is 1. The van der Waals surface area contributed by atoms with Crippen LogP contribution in [-0.4, -0.2) is 4.57 Å². The maximum Gasteiger partial charge on any atom is 0.264 e. The molecule has 0 saturated heterocycles. The van der Waals surface area contributed by atoms with Gasteiger partial charge in [0, 0.05) is 7.05 Å². The highest BCUT2D eigenvalue weighted by Crippen LogP contribution is 2.13. The van der Waals surface area contributed by atoms with E-state index in [1.807, 2.05) is 24.3 Å². The quantitative estimate of drug-likeness (QED) is 0.630. The lowest BCUT2D eigenvalue weighted by molar-refractivity contribution is 0.877. The van der Waals surface area contributed by atoms with Crippen LogP contribution in [0.2, 0.25) is 0 Å². The molecule has 0 spiro atoms. The largest absolute Gasteiger partial charge is 0.310 e. The number of nitrogens with zero attached hydrogens (tertiary/aromatic N) is 1. The number of rotatable bonds is 0. The lowest BCUT2D eigenvalue weighted by Crippen LogP contribution is -2.17. The van der Waals surface area contributed by atoms with Gasteiger partial charge in [-0.2, -0.15) is 0 Å². The van der Waals surface area contributed by atoms with Crippen LogP contribution in [0, 0.1) is 0 Å². The van der Waals surface area contributed by atoms with E-state index in [1.165, 1.54) is 0 Å². The topological polar surface area (TPSA) is 22.0 Å². The summed E-state index contributed by atoms with van der Waals surface area (Å²) >= 11 is 4.11. The summed E-state index contributed by atoms with van der Waals surface area (Å²) in [6, 6.07) is 9.54. The third kappa shape index (κ3) is 1.25. The third-order valence-corrected chi connectivity index (χ3v) is 2.43. The predicted octanol–water partition coefficient (Wildman–Crippen LogP) is 1.83. The van der Waals surface area contributed by atoms with Crippen molar-refractivity contribution in [1.29, 1.82) is 0 Å². The van der Waals surface area contributed by atoms with Crippen LogP contribution in [0.1, 0.15) is 0 Å². The molecule has 2 aromatic rings. The molecule has 3 heteroatoms. The molecule has 0 atom stereocenters. The number of thiol groups is 1. The van der Waals surface area contributed by atoms with Crippen molar-refractivity contribution < 1.29 is 0 Å². The molecule has 0 amide bonds. The lowest BCUT2D eigenvalue weighted by atomic mass is 10.2. The number of aryl methyl sites for hydroxylation is 1. The molecule has 0 saturated carbocycles. The van der Waals surface area contributed by atoms with Crippen LogP contribution >= 0.6 is 12.6 Å². The Morgan fingerprint density at radius 2 is 2.00 bits per heavy atom. The lowest BCUT2D eigenvalue weighted by Gasteiger charge is -2.04.